The second-order valence-corrected chi connectivity index (χ2v) is 3.36. The summed E-state index contributed by atoms with van der Waals surface area (Å²) in [7, 11) is 3.45. The predicted octanol–water partition coefficient (Wildman–Crippen LogP) is -4.04. The normalized spacial score (nSPS) is 9.29. The third-order valence-electron chi connectivity index (χ3n) is 1.60. The van der Waals surface area contributed by atoms with Crippen molar-refractivity contribution < 1.29 is 40.9 Å². The minimum Gasteiger partial charge on any atom is -0.549 e. The van der Waals surface area contributed by atoms with Crippen molar-refractivity contribution in [2.45, 2.75) is 6.42 Å². The first-order valence-electron chi connectivity index (χ1n) is 4.83. The second kappa shape index (κ2) is 13.6. The van der Waals surface area contributed by atoms with Crippen LogP contribution in [0.2, 0.25) is 0 Å². The number of hydrogen-bond acceptors (Lipinski definition) is 7. The molecule has 7 nitrogen and oxygen atoms in total. The summed E-state index contributed by atoms with van der Waals surface area (Å²) in [5.74, 6) is -4.68. The first-order valence-corrected chi connectivity index (χ1v) is 4.83. The van der Waals surface area contributed by atoms with E-state index in [1.165, 1.54) is 0 Å². The fourth-order valence-corrected chi connectivity index (χ4v) is 0.719. The third-order valence-corrected chi connectivity index (χ3v) is 1.60. The van der Waals surface area contributed by atoms with Gasteiger partial charge in [-0.1, -0.05) is 0 Å². The average Bonchev–Trinajstić information content (AvgIpc) is 2.17. The number of nitrogens with zero attached hydrogens (tertiary/aromatic N) is 1. The quantitative estimate of drug-likeness (QED) is 0.411. The molecule has 0 unspecified atom stereocenters. The van der Waals surface area contributed by atoms with Gasteiger partial charge < -0.3 is 36.2 Å². The molecular weight excluding hydrogens is 409 g/mol. The molecule has 104 valence electrons. The van der Waals surface area contributed by atoms with E-state index >= 15 is 0 Å². The van der Waals surface area contributed by atoms with E-state index in [1.54, 1.807) is 19.0 Å². The maximum absolute atomic E-state index is 10.2. The van der Waals surface area contributed by atoms with Crippen LogP contribution < -0.4 is 21.7 Å². The monoisotopic (exact) mass is 428 g/mol. The predicted molar refractivity (Wildman–Crippen MR) is 54.8 cm³/mol. The molecule has 0 heterocycles. The molecule has 0 aliphatic rings. The van der Waals surface area contributed by atoms with Crippen molar-refractivity contribution in [1.29, 1.82) is 0 Å². The summed E-state index contributed by atoms with van der Waals surface area (Å²) in [4.78, 5) is 22.1. The Labute approximate surface area is 115 Å². The Hall–Kier alpha value is -0.492. The van der Waals surface area contributed by atoms with E-state index in [1.807, 2.05) is 0 Å². The van der Waals surface area contributed by atoms with Crippen molar-refractivity contribution in [2.24, 2.45) is 17.4 Å². The average molecular weight is 428 g/mol. The summed E-state index contributed by atoms with van der Waals surface area (Å²) >= 11 is 0. The molecule has 0 aromatic carbocycles. The molecule has 0 aromatic rings. The van der Waals surface area contributed by atoms with E-state index in [9.17, 15) is 19.8 Å². The molecule has 17 heavy (non-hydrogen) atoms. The van der Waals surface area contributed by atoms with Gasteiger partial charge in [-0.05, 0) is 27.1 Å². The minimum atomic E-state index is -1.59. The Morgan fingerprint density at radius 3 is 1.65 bits per heavy atom. The van der Waals surface area contributed by atoms with Gasteiger partial charge in [-0.3, -0.25) is 0 Å². The fourth-order valence-electron chi connectivity index (χ4n) is 0.719. The molecule has 0 atom stereocenters. The molecule has 0 radical (unpaired) electrons. The van der Waals surface area contributed by atoms with Crippen LogP contribution in [0.3, 0.4) is 0 Å². The van der Waals surface area contributed by atoms with Crippen molar-refractivity contribution in [3.63, 3.8) is 0 Å². The Morgan fingerprint density at radius 2 is 1.47 bits per heavy atom. The van der Waals surface area contributed by atoms with Gasteiger partial charge in [0, 0.05) is 19.0 Å². The van der Waals surface area contributed by atoms with Crippen LogP contribution in [-0.4, -0.2) is 50.6 Å². The zero-order chi connectivity index (χ0) is 13.1. The zero-order valence-electron chi connectivity index (χ0n) is 9.96. The van der Waals surface area contributed by atoms with Crippen LogP contribution in [-0.2, 0) is 30.7 Å². The molecule has 4 N–H and O–H groups in total. The van der Waals surface area contributed by atoms with E-state index < -0.39 is 17.9 Å². The van der Waals surface area contributed by atoms with E-state index in [-0.39, 0.29) is 27.5 Å². The zero-order valence-corrected chi connectivity index (χ0v) is 12.2. The summed E-state index contributed by atoms with van der Waals surface area (Å²) in [6, 6.07) is 0. The van der Waals surface area contributed by atoms with Crippen molar-refractivity contribution in [3.05, 3.63) is 0 Å². The third kappa shape index (κ3) is 15.5. The van der Waals surface area contributed by atoms with E-state index in [4.69, 9.17) is 11.5 Å². The van der Waals surface area contributed by atoms with E-state index in [0.717, 1.165) is 0 Å². The molecule has 0 aliphatic heterocycles. The molecule has 0 aromatic heterocycles. The number of hydrogen-bond donors (Lipinski definition) is 2. The standard InChI is InChI=1S/C7H13NO4.C2H8N2.Pt/c1-8(2)4-3-5(6(9)10)7(11)12;3-1-2-4;/h5H,3-4H2,1-2H3,(H,9,10)(H,11,12);1-4H2;/q;;+2/p-2. The van der Waals surface area contributed by atoms with Crippen molar-refractivity contribution >= 4 is 11.9 Å². The van der Waals surface area contributed by atoms with Gasteiger partial charge in [0.2, 0.25) is 0 Å². The molecule has 0 bridgehead atoms. The topological polar surface area (TPSA) is 136 Å². The number of carbonyl (C=O) groups excluding carboxylic acids is 2. The van der Waals surface area contributed by atoms with Gasteiger partial charge in [-0.2, -0.15) is 0 Å². The van der Waals surface area contributed by atoms with Crippen LogP contribution in [0.1, 0.15) is 6.42 Å². The van der Waals surface area contributed by atoms with Crippen LogP contribution in [0, 0.1) is 5.92 Å². The van der Waals surface area contributed by atoms with Gasteiger partial charge in [0.1, 0.15) is 0 Å². The SMILES string of the molecule is CN(C)CCC(C(=O)[O-])C(=O)[O-].NCCN.[Pt+2]. The van der Waals surface area contributed by atoms with Crippen molar-refractivity contribution in [2.75, 3.05) is 33.7 Å². The van der Waals surface area contributed by atoms with Crippen LogP contribution in [0.15, 0.2) is 0 Å². The summed E-state index contributed by atoms with van der Waals surface area (Å²) in [6.07, 6.45) is 0.0116. The fraction of sp³-hybridized carbons (Fsp3) is 0.778. The van der Waals surface area contributed by atoms with Crippen LogP contribution in [0.5, 0.6) is 0 Å². The number of nitrogens with two attached hydrogens (primary N) is 2. The smallest absolute Gasteiger partial charge is 0.549 e. The number of aliphatic carboxylic acids is 2. The Balaban J connectivity index is -0.000000340. The number of rotatable bonds is 6. The summed E-state index contributed by atoms with van der Waals surface area (Å²) in [6.45, 7) is 1.58. The maximum atomic E-state index is 10.2. The molecule has 0 saturated carbocycles. The van der Waals surface area contributed by atoms with Crippen molar-refractivity contribution in [3.8, 4) is 0 Å². The molecule has 8 heteroatoms. The van der Waals surface area contributed by atoms with Gasteiger partial charge in [-0.15, -0.1) is 0 Å². The van der Waals surface area contributed by atoms with Gasteiger partial charge in [0.25, 0.3) is 0 Å². The van der Waals surface area contributed by atoms with Crippen LogP contribution >= 0.6 is 0 Å². The first-order chi connectivity index (χ1) is 7.36. The molecule has 0 aliphatic carbocycles. The molecular formula is C9H19N3O4Pt. The minimum absolute atomic E-state index is 0. The van der Waals surface area contributed by atoms with Crippen LogP contribution in [0.25, 0.3) is 0 Å². The Kier molecular flexibility index (Phi) is 17.4. The largest absolute Gasteiger partial charge is 2.00 e. The molecule has 0 saturated heterocycles. The summed E-state index contributed by atoms with van der Waals surface area (Å²) in [5, 5.41) is 20.4. The Morgan fingerprint density at radius 1 is 1.12 bits per heavy atom. The van der Waals surface area contributed by atoms with E-state index in [0.29, 0.717) is 19.6 Å². The maximum Gasteiger partial charge on any atom is 2.00 e. The molecule has 0 amide bonds. The molecule has 0 spiro atoms. The first kappa shape index (κ1) is 21.8. The molecule has 0 rings (SSSR count). The van der Waals surface area contributed by atoms with E-state index in [2.05, 4.69) is 0 Å². The van der Waals surface area contributed by atoms with Crippen molar-refractivity contribution in [1.82, 2.24) is 4.90 Å². The number of carboxylic acid groups (broad SMARTS) is 2. The van der Waals surface area contributed by atoms with Crippen LogP contribution in [0.4, 0.5) is 0 Å². The number of carboxylic acids is 2. The number of carbonyl (C=O) groups is 2. The van der Waals surface area contributed by atoms with Gasteiger partial charge in [0.05, 0.1) is 11.9 Å². The van der Waals surface area contributed by atoms with Gasteiger partial charge >= 0.3 is 21.1 Å². The summed E-state index contributed by atoms with van der Waals surface area (Å²) in [5.41, 5.74) is 9.81. The Bertz CT molecular complexity index is 198. The van der Waals surface area contributed by atoms with Gasteiger partial charge in [0.15, 0.2) is 0 Å². The summed E-state index contributed by atoms with van der Waals surface area (Å²) < 4.78 is 0. The molecule has 0 fully saturated rings. The second-order valence-electron chi connectivity index (χ2n) is 3.36. The van der Waals surface area contributed by atoms with Gasteiger partial charge in [-0.25, -0.2) is 0 Å².